The Balaban J connectivity index is 1.73. The van der Waals surface area contributed by atoms with Crippen LogP contribution >= 0.6 is 11.6 Å². The van der Waals surface area contributed by atoms with Gasteiger partial charge in [-0.05, 0) is 41.5 Å². The van der Waals surface area contributed by atoms with E-state index in [0.29, 0.717) is 10.9 Å². The lowest BCUT2D eigenvalue weighted by molar-refractivity contribution is 0.0728. The van der Waals surface area contributed by atoms with Gasteiger partial charge >= 0.3 is 0 Å². The second-order valence-corrected chi connectivity index (χ2v) is 7.92. The molecular formula is C26H23ClN2O4. The topological polar surface area (TPSA) is 71.6 Å². The Morgan fingerprint density at radius 2 is 1.36 bits per heavy atom. The first-order valence-corrected chi connectivity index (χ1v) is 10.7. The molecule has 0 bridgehead atoms. The summed E-state index contributed by atoms with van der Waals surface area (Å²) in [4.78, 5) is 30.9. The van der Waals surface area contributed by atoms with E-state index >= 15 is 0 Å². The molecule has 3 aromatic carbocycles. The second kappa shape index (κ2) is 9.79. The van der Waals surface area contributed by atoms with E-state index in [1.165, 1.54) is 0 Å². The van der Waals surface area contributed by atoms with Gasteiger partial charge in [0.15, 0.2) is 0 Å². The number of hydrogen-bond donors (Lipinski definition) is 1. The summed E-state index contributed by atoms with van der Waals surface area (Å²) in [7, 11) is 3.20. The van der Waals surface area contributed by atoms with Crippen molar-refractivity contribution in [1.29, 1.82) is 0 Å². The van der Waals surface area contributed by atoms with Crippen molar-refractivity contribution in [2.45, 2.75) is 13.1 Å². The van der Waals surface area contributed by atoms with Crippen molar-refractivity contribution >= 4 is 28.4 Å². The summed E-state index contributed by atoms with van der Waals surface area (Å²) in [6, 6.07) is 22.0. The van der Waals surface area contributed by atoms with Crippen LogP contribution in [0.1, 0.15) is 21.5 Å². The number of methoxy groups -OCH3 is 2. The number of ether oxygens (including phenoxy) is 2. The Morgan fingerprint density at radius 3 is 1.88 bits per heavy atom. The van der Waals surface area contributed by atoms with Gasteiger partial charge in [0, 0.05) is 24.0 Å². The zero-order valence-electron chi connectivity index (χ0n) is 18.3. The van der Waals surface area contributed by atoms with Crippen LogP contribution in [0.15, 0.2) is 77.6 Å². The molecule has 0 aliphatic carbocycles. The summed E-state index contributed by atoms with van der Waals surface area (Å²) < 4.78 is 10.5. The summed E-state index contributed by atoms with van der Waals surface area (Å²) in [6.07, 6.45) is 0. The number of fused-ring (bicyclic) bond motifs is 1. The number of amides is 1. The van der Waals surface area contributed by atoms with Crippen molar-refractivity contribution < 1.29 is 14.3 Å². The highest BCUT2D eigenvalue weighted by molar-refractivity contribution is 6.38. The Labute approximate surface area is 196 Å². The number of pyridine rings is 1. The van der Waals surface area contributed by atoms with Crippen LogP contribution in [0.25, 0.3) is 10.9 Å². The number of benzene rings is 3. The number of carbonyl (C=O) groups is 1. The minimum Gasteiger partial charge on any atom is -0.497 e. The number of nitrogens with one attached hydrogen (secondary N) is 1. The highest BCUT2D eigenvalue weighted by atomic mass is 35.5. The average Bonchev–Trinajstić information content (AvgIpc) is 2.84. The Bertz CT molecular complexity index is 1280. The molecule has 0 fully saturated rings. The van der Waals surface area contributed by atoms with E-state index in [9.17, 15) is 9.59 Å². The fourth-order valence-electron chi connectivity index (χ4n) is 3.65. The zero-order valence-corrected chi connectivity index (χ0v) is 19.1. The molecule has 1 heterocycles. The normalized spacial score (nSPS) is 10.8. The maximum absolute atomic E-state index is 13.7. The van der Waals surface area contributed by atoms with Gasteiger partial charge < -0.3 is 19.4 Å². The number of halogens is 1. The number of aromatic amines is 1. The summed E-state index contributed by atoms with van der Waals surface area (Å²) >= 11 is 6.57. The van der Waals surface area contributed by atoms with Crippen molar-refractivity contribution in [3.63, 3.8) is 0 Å². The number of hydrogen-bond acceptors (Lipinski definition) is 4. The van der Waals surface area contributed by atoms with Gasteiger partial charge in [0.1, 0.15) is 17.1 Å². The zero-order chi connectivity index (χ0) is 23.4. The first-order valence-electron chi connectivity index (χ1n) is 10.4. The van der Waals surface area contributed by atoms with Crippen molar-refractivity contribution in [2.75, 3.05) is 14.2 Å². The van der Waals surface area contributed by atoms with E-state index in [4.69, 9.17) is 21.1 Å². The largest absolute Gasteiger partial charge is 0.497 e. The molecule has 0 atom stereocenters. The maximum Gasteiger partial charge on any atom is 0.262 e. The van der Waals surface area contributed by atoms with Crippen LogP contribution in [0.3, 0.4) is 0 Å². The number of carbonyl (C=O) groups excluding carboxylic acids is 1. The van der Waals surface area contributed by atoms with Gasteiger partial charge in [-0.15, -0.1) is 0 Å². The van der Waals surface area contributed by atoms with Crippen molar-refractivity contribution in [1.82, 2.24) is 9.88 Å². The fourth-order valence-corrected chi connectivity index (χ4v) is 3.99. The Morgan fingerprint density at radius 1 is 0.848 bits per heavy atom. The quantitative estimate of drug-likeness (QED) is 0.417. The molecule has 33 heavy (non-hydrogen) atoms. The van der Waals surface area contributed by atoms with Gasteiger partial charge in [-0.25, -0.2) is 0 Å². The van der Waals surface area contributed by atoms with E-state index < -0.39 is 11.5 Å². The van der Waals surface area contributed by atoms with Crippen LogP contribution in [0.4, 0.5) is 0 Å². The lowest BCUT2D eigenvalue weighted by atomic mass is 10.1. The average molecular weight is 463 g/mol. The first-order chi connectivity index (χ1) is 16.0. The molecule has 1 N–H and O–H groups in total. The minimum absolute atomic E-state index is 0.0719. The van der Waals surface area contributed by atoms with E-state index in [2.05, 4.69) is 4.98 Å². The molecular weight excluding hydrogens is 440 g/mol. The van der Waals surface area contributed by atoms with Gasteiger partial charge in [-0.2, -0.15) is 0 Å². The third-order valence-electron chi connectivity index (χ3n) is 5.42. The number of aromatic nitrogens is 1. The smallest absolute Gasteiger partial charge is 0.262 e. The molecule has 4 rings (SSSR count). The lowest BCUT2D eigenvalue weighted by Crippen LogP contribution is -2.34. The molecule has 6 nitrogen and oxygen atoms in total. The van der Waals surface area contributed by atoms with E-state index in [1.807, 2.05) is 54.6 Å². The standard InChI is InChI=1S/C26H23ClN2O4/c1-32-19-11-7-17(8-12-19)15-29(16-18-9-13-20(33-2)14-10-18)26(31)23-24(27)21-5-3-4-6-22(21)28-25(23)30/h3-14H,15-16H2,1-2H3,(H,28,30). The number of rotatable bonds is 7. The number of para-hydroxylation sites is 1. The first kappa shape index (κ1) is 22.4. The van der Waals surface area contributed by atoms with Crippen LogP contribution in [-0.2, 0) is 13.1 Å². The SMILES string of the molecule is COc1ccc(CN(Cc2ccc(OC)cc2)C(=O)c2c(Cl)c3ccccc3[nH]c2=O)cc1. The van der Waals surface area contributed by atoms with Gasteiger partial charge in [-0.3, -0.25) is 9.59 Å². The molecule has 0 spiro atoms. The maximum atomic E-state index is 13.7. The molecule has 1 aromatic heterocycles. The molecule has 0 saturated heterocycles. The predicted octanol–water partition coefficient (Wildman–Crippen LogP) is 5.04. The van der Waals surface area contributed by atoms with Crippen molar-refractivity contribution in [2.24, 2.45) is 0 Å². The van der Waals surface area contributed by atoms with E-state index in [-0.39, 0.29) is 23.7 Å². The molecule has 4 aromatic rings. The second-order valence-electron chi connectivity index (χ2n) is 7.55. The monoisotopic (exact) mass is 462 g/mol. The Kier molecular flexibility index (Phi) is 6.66. The third kappa shape index (κ3) is 4.86. The van der Waals surface area contributed by atoms with Gasteiger partial charge in [0.25, 0.3) is 11.5 Å². The molecule has 0 saturated carbocycles. The summed E-state index contributed by atoms with van der Waals surface area (Å²) in [5.74, 6) is 1.00. The summed E-state index contributed by atoms with van der Waals surface area (Å²) in [5, 5.41) is 0.768. The molecule has 0 radical (unpaired) electrons. The Hall–Kier alpha value is -3.77. The van der Waals surface area contributed by atoms with Crippen LogP contribution in [0.5, 0.6) is 11.5 Å². The molecule has 0 aliphatic heterocycles. The highest BCUT2D eigenvalue weighted by Crippen LogP contribution is 2.26. The van der Waals surface area contributed by atoms with E-state index in [1.54, 1.807) is 37.3 Å². The molecule has 1 amide bonds. The van der Waals surface area contributed by atoms with Crippen LogP contribution < -0.4 is 15.0 Å². The summed E-state index contributed by atoms with van der Waals surface area (Å²) in [6.45, 7) is 0.578. The summed E-state index contributed by atoms with van der Waals surface area (Å²) in [5.41, 5.74) is 1.79. The van der Waals surface area contributed by atoms with Crippen LogP contribution in [0, 0.1) is 0 Å². The fraction of sp³-hybridized carbons (Fsp3) is 0.154. The van der Waals surface area contributed by atoms with Crippen LogP contribution in [-0.4, -0.2) is 30.0 Å². The number of nitrogens with zero attached hydrogens (tertiary/aromatic N) is 1. The molecule has 168 valence electrons. The number of H-pyrrole nitrogens is 1. The molecule has 7 heteroatoms. The van der Waals surface area contributed by atoms with Crippen molar-refractivity contribution in [3.05, 3.63) is 105 Å². The predicted molar refractivity (Wildman–Crippen MR) is 129 cm³/mol. The third-order valence-corrected chi connectivity index (χ3v) is 5.82. The lowest BCUT2D eigenvalue weighted by Gasteiger charge is -2.24. The van der Waals surface area contributed by atoms with Crippen LogP contribution in [0.2, 0.25) is 5.02 Å². The van der Waals surface area contributed by atoms with Gasteiger partial charge in [0.05, 0.1) is 19.2 Å². The van der Waals surface area contributed by atoms with Gasteiger partial charge in [-0.1, -0.05) is 54.1 Å². The molecule has 0 aliphatic rings. The van der Waals surface area contributed by atoms with E-state index in [0.717, 1.165) is 22.6 Å². The minimum atomic E-state index is -0.516. The van der Waals surface area contributed by atoms with Crippen molar-refractivity contribution in [3.8, 4) is 11.5 Å². The highest BCUT2D eigenvalue weighted by Gasteiger charge is 2.24. The van der Waals surface area contributed by atoms with Gasteiger partial charge in [0.2, 0.25) is 0 Å². The molecule has 0 unspecified atom stereocenters.